The Morgan fingerprint density at radius 3 is 2.71 bits per heavy atom. The lowest BCUT2D eigenvalue weighted by Crippen LogP contribution is -2.31. The standard InChI is InChI=1S/C17H16N4O2S/c1-18-21-16(23)14(19-20-17(21)24-2)9-8-13-12-6-4-3-5-11(12)7-10-15(13)22/h3-10,18,22H,1-2H3/b9-8+. The molecule has 24 heavy (non-hydrogen) atoms. The molecule has 0 bridgehead atoms. The second-order valence-corrected chi connectivity index (χ2v) is 5.76. The molecule has 0 amide bonds. The monoisotopic (exact) mass is 340 g/mol. The van der Waals surface area contributed by atoms with Crippen molar-refractivity contribution in [3.63, 3.8) is 0 Å². The number of nitrogens with one attached hydrogen (secondary N) is 1. The third-order valence-electron chi connectivity index (χ3n) is 3.62. The molecule has 1 aromatic heterocycles. The highest BCUT2D eigenvalue weighted by atomic mass is 32.2. The maximum absolute atomic E-state index is 12.4. The van der Waals surface area contributed by atoms with Gasteiger partial charge in [-0.2, -0.15) is 4.68 Å². The molecule has 7 heteroatoms. The lowest BCUT2D eigenvalue weighted by atomic mass is 10.0. The zero-order valence-electron chi connectivity index (χ0n) is 13.2. The minimum absolute atomic E-state index is 0.146. The van der Waals surface area contributed by atoms with Crippen LogP contribution in [-0.2, 0) is 0 Å². The molecule has 2 aromatic carbocycles. The number of nitrogens with zero attached hydrogens (tertiary/aromatic N) is 3. The van der Waals surface area contributed by atoms with Gasteiger partial charge in [0.1, 0.15) is 5.75 Å². The van der Waals surface area contributed by atoms with Gasteiger partial charge >= 0.3 is 0 Å². The van der Waals surface area contributed by atoms with Crippen LogP contribution in [0, 0.1) is 0 Å². The maximum Gasteiger partial charge on any atom is 0.299 e. The smallest absolute Gasteiger partial charge is 0.299 e. The van der Waals surface area contributed by atoms with Crippen LogP contribution in [0.3, 0.4) is 0 Å². The van der Waals surface area contributed by atoms with Crippen molar-refractivity contribution in [2.75, 3.05) is 18.7 Å². The quantitative estimate of drug-likeness (QED) is 0.711. The van der Waals surface area contributed by atoms with Gasteiger partial charge in [0.25, 0.3) is 5.56 Å². The number of aromatic nitrogens is 3. The summed E-state index contributed by atoms with van der Waals surface area (Å²) in [4.78, 5) is 12.4. The van der Waals surface area contributed by atoms with Crippen LogP contribution in [-0.4, -0.2) is 33.3 Å². The molecule has 0 radical (unpaired) electrons. The van der Waals surface area contributed by atoms with Gasteiger partial charge in [-0.05, 0) is 35.2 Å². The van der Waals surface area contributed by atoms with Crippen molar-refractivity contribution < 1.29 is 5.11 Å². The molecule has 0 spiro atoms. The van der Waals surface area contributed by atoms with Gasteiger partial charge in [-0.3, -0.25) is 4.79 Å². The molecule has 0 aliphatic rings. The summed E-state index contributed by atoms with van der Waals surface area (Å²) < 4.78 is 1.33. The summed E-state index contributed by atoms with van der Waals surface area (Å²) in [6.45, 7) is 0. The summed E-state index contributed by atoms with van der Waals surface area (Å²) in [6.07, 6.45) is 5.07. The summed E-state index contributed by atoms with van der Waals surface area (Å²) in [6, 6.07) is 11.2. The number of benzene rings is 2. The lowest BCUT2D eigenvalue weighted by molar-refractivity contribution is 0.475. The molecule has 3 aromatic rings. The normalized spacial score (nSPS) is 11.2. The van der Waals surface area contributed by atoms with Crippen molar-refractivity contribution in [3.05, 3.63) is 58.0 Å². The van der Waals surface area contributed by atoms with E-state index in [0.29, 0.717) is 10.7 Å². The van der Waals surface area contributed by atoms with E-state index < -0.39 is 0 Å². The molecule has 0 saturated carbocycles. The van der Waals surface area contributed by atoms with Gasteiger partial charge in [-0.15, -0.1) is 10.2 Å². The van der Waals surface area contributed by atoms with Gasteiger partial charge in [0.05, 0.1) is 0 Å². The molecule has 0 fully saturated rings. The summed E-state index contributed by atoms with van der Waals surface area (Å²) >= 11 is 1.32. The molecule has 122 valence electrons. The van der Waals surface area contributed by atoms with E-state index in [0.717, 1.165) is 10.8 Å². The molecule has 0 saturated heterocycles. The van der Waals surface area contributed by atoms with E-state index in [1.807, 2.05) is 36.6 Å². The minimum Gasteiger partial charge on any atom is -0.507 e. The van der Waals surface area contributed by atoms with E-state index in [9.17, 15) is 9.90 Å². The molecule has 6 nitrogen and oxygen atoms in total. The Hall–Kier alpha value is -2.80. The number of hydrogen-bond acceptors (Lipinski definition) is 6. The Kier molecular flexibility index (Phi) is 4.52. The van der Waals surface area contributed by atoms with E-state index in [-0.39, 0.29) is 17.0 Å². The first-order valence-corrected chi connectivity index (χ1v) is 8.48. The Labute approximate surface area is 142 Å². The fraction of sp³-hybridized carbons (Fsp3) is 0.118. The van der Waals surface area contributed by atoms with Gasteiger partial charge in [0, 0.05) is 12.6 Å². The highest BCUT2D eigenvalue weighted by Gasteiger charge is 2.09. The van der Waals surface area contributed by atoms with Crippen LogP contribution in [0.25, 0.3) is 22.9 Å². The van der Waals surface area contributed by atoms with Crippen molar-refractivity contribution in [1.82, 2.24) is 14.9 Å². The van der Waals surface area contributed by atoms with Crippen molar-refractivity contribution >= 4 is 34.7 Å². The lowest BCUT2D eigenvalue weighted by Gasteiger charge is -2.08. The second kappa shape index (κ2) is 6.76. The Bertz CT molecular complexity index is 982. The summed E-state index contributed by atoms with van der Waals surface area (Å²) in [5.41, 5.74) is 3.32. The zero-order chi connectivity index (χ0) is 17.1. The third kappa shape index (κ3) is 2.85. The van der Waals surface area contributed by atoms with Crippen molar-refractivity contribution in [1.29, 1.82) is 0 Å². The van der Waals surface area contributed by atoms with Crippen LogP contribution in [0.1, 0.15) is 11.3 Å². The van der Waals surface area contributed by atoms with E-state index in [1.54, 1.807) is 25.3 Å². The van der Waals surface area contributed by atoms with Crippen LogP contribution < -0.4 is 11.0 Å². The number of phenolic OH excluding ortho intramolecular Hbond substituents is 1. The minimum atomic E-state index is -0.298. The Morgan fingerprint density at radius 2 is 1.96 bits per heavy atom. The van der Waals surface area contributed by atoms with E-state index >= 15 is 0 Å². The molecule has 2 N–H and O–H groups in total. The van der Waals surface area contributed by atoms with E-state index in [2.05, 4.69) is 15.6 Å². The first kappa shape index (κ1) is 16.1. The molecular formula is C17H16N4O2S. The maximum atomic E-state index is 12.4. The van der Waals surface area contributed by atoms with Crippen molar-refractivity contribution in [2.24, 2.45) is 0 Å². The van der Waals surface area contributed by atoms with Crippen molar-refractivity contribution in [3.8, 4) is 5.75 Å². The predicted octanol–water partition coefficient (Wildman–Crippen LogP) is 2.56. The van der Waals surface area contributed by atoms with E-state index in [4.69, 9.17) is 0 Å². The van der Waals surface area contributed by atoms with Crippen LogP contribution in [0.15, 0.2) is 46.3 Å². The van der Waals surface area contributed by atoms with Crippen LogP contribution in [0.5, 0.6) is 5.75 Å². The average Bonchev–Trinajstić information content (AvgIpc) is 2.61. The van der Waals surface area contributed by atoms with E-state index in [1.165, 1.54) is 16.4 Å². The Morgan fingerprint density at radius 1 is 1.17 bits per heavy atom. The second-order valence-electron chi connectivity index (χ2n) is 4.99. The number of hydrogen-bond donors (Lipinski definition) is 2. The number of rotatable bonds is 4. The number of phenols is 1. The molecule has 0 atom stereocenters. The van der Waals surface area contributed by atoms with Gasteiger partial charge in [-0.25, -0.2) is 0 Å². The first-order chi connectivity index (χ1) is 11.7. The summed E-state index contributed by atoms with van der Waals surface area (Å²) in [5.74, 6) is 0.146. The highest BCUT2D eigenvalue weighted by molar-refractivity contribution is 7.98. The number of thioether (sulfide) groups is 1. The average molecular weight is 340 g/mol. The summed E-state index contributed by atoms with van der Waals surface area (Å²) in [7, 11) is 1.65. The predicted molar refractivity (Wildman–Crippen MR) is 97.9 cm³/mol. The molecule has 0 aliphatic carbocycles. The Balaban J connectivity index is 2.10. The first-order valence-electron chi connectivity index (χ1n) is 7.26. The van der Waals surface area contributed by atoms with Gasteiger partial charge in [0.2, 0.25) is 5.16 Å². The molecule has 1 heterocycles. The topological polar surface area (TPSA) is 80.0 Å². The SMILES string of the molecule is CNn1c(SC)nnc(/C=C/c2c(O)ccc3ccccc23)c1=O. The van der Waals surface area contributed by atoms with Crippen LogP contribution >= 0.6 is 11.8 Å². The van der Waals surface area contributed by atoms with Crippen LogP contribution in [0.2, 0.25) is 0 Å². The molecule has 0 aliphatic heterocycles. The van der Waals surface area contributed by atoms with Gasteiger partial charge < -0.3 is 10.5 Å². The number of fused-ring (bicyclic) bond motifs is 1. The molecule has 3 rings (SSSR count). The third-order valence-corrected chi connectivity index (χ3v) is 4.25. The molecule has 0 unspecified atom stereocenters. The summed E-state index contributed by atoms with van der Waals surface area (Å²) in [5, 5.41) is 20.5. The highest BCUT2D eigenvalue weighted by Crippen LogP contribution is 2.28. The molecular weight excluding hydrogens is 324 g/mol. The fourth-order valence-electron chi connectivity index (χ4n) is 2.44. The zero-order valence-corrected chi connectivity index (χ0v) is 14.0. The number of aromatic hydroxyl groups is 1. The largest absolute Gasteiger partial charge is 0.507 e. The van der Waals surface area contributed by atoms with Gasteiger partial charge in [0.15, 0.2) is 5.69 Å². The van der Waals surface area contributed by atoms with Crippen molar-refractivity contribution in [2.45, 2.75) is 5.16 Å². The van der Waals surface area contributed by atoms with Gasteiger partial charge in [-0.1, -0.05) is 42.1 Å². The van der Waals surface area contributed by atoms with Crippen LogP contribution in [0.4, 0.5) is 0 Å². The fourth-order valence-corrected chi connectivity index (χ4v) is 2.92.